The minimum Gasteiger partial charge on any atom is -0.494 e. The summed E-state index contributed by atoms with van der Waals surface area (Å²) in [6, 6.07) is 33.3. The number of hydrogen-bond donors (Lipinski definition) is 0. The minimum absolute atomic E-state index is 0.650. The molecule has 4 aromatic rings. The van der Waals surface area contributed by atoms with Crippen LogP contribution in [-0.4, -0.2) is 25.6 Å². The summed E-state index contributed by atoms with van der Waals surface area (Å²) in [5, 5.41) is 0. The molecule has 0 aliphatic carbocycles. The Kier molecular flexibility index (Phi) is 9.77. The van der Waals surface area contributed by atoms with Crippen molar-refractivity contribution in [3.05, 3.63) is 119 Å². The zero-order valence-corrected chi connectivity index (χ0v) is 23.3. The maximum Gasteiger partial charge on any atom is 0.119 e. The Labute approximate surface area is 238 Å². The zero-order valence-electron chi connectivity index (χ0n) is 23.3. The highest BCUT2D eigenvalue weighted by Crippen LogP contribution is 2.20. The van der Waals surface area contributed by atoms with Crippen molar-refractivity contribution in [1.29, 1.82) is 0 Å². The van der Waals surface area contributed by atoms with Crippen LogP contribution in [0.25, 0.3) is 0 Å². The van der Waals surface area contributed by atoms with Crippen molar-refractivity contribution in [2.24, 2.45) is 15.9 Å². The van der Waals surface area contributed by atoms with E-state index >= 15 is 0 Å². The molecule has 204 valence electrons. The van der Waals surface area contributed by atoms with Crippen LogP contribution in [0.4, 0.5) is 11.4 Å². The molecule has 8 bridgehead atoms. The molecule has 0 saturated heterocycles. The number of fused-ring (bicyclic) bond motifs is 4. The van der Waals surface area contributed by atoms with Crippen molar-refractivity contribution in [1.82, 2.24) is 0 Å². The van der Waals surface area contributed by atoms with Crippen molar-refractivity contribution >= 4 is 23.8 Å². The van der Waals surface area contributed by atoms with Gasteiger partial charge in [0.1, 0.15) is 11.5 Å². The molecule has 0 radical (unpaired) electrons. The van der Waals surface area contributed by atoms with Crippen LogP contribution in [0.5, 0.6) is 11.5 Å². The molecule has 9 rings (SSSR count). The molecule has 4 aromatic carbocycles. The number of nitrogens with zero attached hydrogens (tertiary/aromatic N) is 2. The summed E-state index contributed by atoms with van der Waals surface area (Å²) in [6.07, 6.45) is 10.2. The Morgan fingerprint density at radius 2 is 0.925 bits per heavy atom. The van der Waals surface area contributed by atoms with Crippen LogP contribution in [-0.2, 0) is 12.8 Å². The molecule has 0 saturated carbocycles. The van der Waals surface area contributed by atoms with Crippen molar-refractivity contribution in [2.75, 3.05) is 13.2 Å². The van der Waals surface area contributed by atoms with Crippen molar-refractivity contribution < 1.29 is 9.47 Å². The van der Waals surface area contributed by atoms with Crippen LogP contribution in [0.1, 0.15) is 54.9 Å². The summed E-state index contributed by atoms with van der Waals surface area (Å²) in [6.45, 7) is 3.79. The fourth-order valence-corrected chi connectivity index (χ4v) is 4.77. The predicted octanol–water partition coefficient (Wildman–Crippen LogP) is 8.94. The van der Waals surface area contributed by atoms with Crippen molar-refractivity contribution in [2.45, 2.75) is 45.4 Å². The van der Waals surface area contributed by atoms with E-state index in [0.29, 0.717) is 5.92 Å². The van der Waals surface area contributed by atoms with Gasteiger partial charge in [-0.1, -0.05) is 31.2 Å². The second-order valence-electron chi connectivity index (χ2n) is 10.6. The van der Waals surface area contributed by atoms with Crippen molar-refractivity contribution in [3.63, 3.8) is 0 Å². The average Bonchev–Trinajstić information content (AvgIpc) is 3.00. The van der Waals surface area contributed by atoms with Crippen LogP contribution in [0.2, 0.25) is 0 Å². The molecule has 0 amide bonds. The summed E-state index contributed by atoms with van der Waals surface area (Å²) in [5.41, 5.74) is 6.64. The van der Waals surface area contributed by atoms with Gasteiger partial charge in [-0.05, 0) is 139 Å². The van der Waals surface area contributed by atoms with Crippen LogP contribution in [0.15, 0.2) is 107 Å². The molecular formula is C36H38N2O2. The second kappa shape index (κ2) is 14.3. The molecule has 0 spiro atoms. The largest absolute Gasteiger partial charge is 0.494 e. The number of benzene rings is 4. The zero-order chi connectivity index (χ0) is 27.4. The number of aryl methyl sites for hydroxylation is 2. The first-order valence-corrected chi connectivity index (χ1v) is 14.4. The van der Waals surface area contributed by atoms with E-state index in [9.17, 15) is 0 Å². The Balaban J connectivity index is 1.25. The Bertz CT molecular complexity index is 1260. The number of hydrogen-bond acceptors (Lipinski definition) is 4. The van der Waals surface area contributed by atoms with Gasteiger partial charge in [0.2, 0.25) is 0 Å². The van der Waals surface area contributed by atoms with E-state index in [4.69, 9.17) is 9.47 Å². The van der Waals surface area contributed by atoms with E-state index in [1.54, 1.807) is 0 Å². The van der Waals surface area contributed by atoms with Gasteiger partial charge in [-0.25, -0.2) is 0 Å². The molecule has 40 heavy (non-hydrogen) atoms. The standard InChI is InChI=1S/C36H38N2O2/c1-28-4-2-24-39-35-20-12-31(13-21-35)26-37-33-16-8-29(9-17-33)6-7-30-10-18-34(19-11-30)38-27-32-14-22-36(23-15-32)40-25-3-5-28/h8-23,26-28H,2-7,24-25H2,1H3. The molecule has 0 N–H and O–H groups in total. The fourth-order valence-electron chi connectivity index (χ4n) is 4.77. The summed E-state index contributed by atoms with van der Waals surface area (Å²) in [4.78, 5) is 9.30. The van der Waals surface area contributed by atoms with E-state index in [1.165, 1.54) is 11.1 Å². The fraction of sp³-hybridized carbons (Fsp3) is 0.278. The van der Waals surface area contributed by atoms with E-state index in [2.05, 4.69) is 89.7 Å². The highest BCUT2D eigenvalue weighted by atomic mass is 16.5. The van der Waals surface area contributed by atoms with E-state index in [-0.39, 0.29) is 0 Å². The van der Waals surface area contributed by atoms with E-state index < -0.39 is 0 Å². The normalized spacial score (nSPS) is 16.8. The second-order valence-corrected chi connectivity index (χ2v) is 10.6. The van der Waals surface area contributed by atoms with Crippen molar-refractivity contribution in [3.8, 4) is 11.5 Å². The number of aliphatic imine (C=N–C) groups is 2. The van der Waals surface area contributed by atoms with E-state index in [1.807, 2.05) is 36.7 Å². The highest BCUT2D eigenvalue weighted by molar-refractivity contribution is 5.82. The Morgan fingerprint density at radius 3 is 1.32 bits per heavy atom. The van der Waals surface area contributed by atoms with Crippen LogP contribution < -0.4 is 9.47 Å². The third-order valence-corrected chi connectivity index (χ3v) is 7.28. The smallest absolute Gasteiger partial charge is 0.119 e. The molecule has 0 unspecified atom stereocenters. The predicted molar refractivity (Wildman–Crippen MR) is 166 cm³/mol. The van der Waals surface area contributed by atoms with Gasteiger partial charge in [0.25, 0.3) is 0 Å². The molecule has 5 heterocycles. The SMILES string of the molecule is CC1CCCOc2ccc(cc2)C=Nc2ccc(cc2)CCc2ccc(cc2)N=Cc2ccc(cc2)OCCC1. The first-order valence-electron chi connectivity index (χ1n) is 14.4. The third-order valence-electron chi connectivity index (χ3n) is 7.28. The molecule has 0 aromatic heterocycles. The highest BCUT2D eigenvalue weighted by Gasteiger charge is 2.04. The third kappa shape index (κ3) is 8.67. The van der Waals surface area contributed by atoms with Gasteiger partial charge in [0, 0.05) is 12.4 Å². The quantitative estimate of drug-likeness (QED) is 0.228. The topological polar surface area (TPSA) is 43.2 Å². The number of rotatable bonds is 0. The molecule has 4 nitrogen and oxygen atoms in total. The van der Waals surface area contributed by atoms with Crippen LogP contribution in [0, 0.1) is 5.92 Å². The molecule has 5 aliphatic rings. The van der Waals surface area contributed by atoms with E-state index in [0.717, 1.165) is 85.7 Å². The molecule has 0 atom stereocenters. The molecule has 5 aliphatic heterocycles. The lowest BCUT2D eigenvalue weighted by Crippen LogP contribution is -2.04. The van der Waals surface area contributed by atoms with Gasteiger partial charge in [0.15, 0.2) is 0 Å². The maximum absolute atomic E-state index is 5.97. The molecular weight excluding hydrogens is 492 g/mol. The monoisotopic (exact) mass is 530 g/mol. The maximum atomic E-state index is 5.97. The van der Waals surface area contributed by atoms with Crippen LogP contribution in [0.3, 0.4) is 0 Å². The van der Waals surface area contributed by atoms with Gasteiger partial charge >= 0.3 is 0 Å². The van der Waals surface area contributed by atoms with Gasteiger partial charge in [-0.3, -0.25) is 9.98 Å². The molecule has 0 fully saturated rings. The van der Waals surface area contributed by atoms with Gasteiger partial charge in [-0.2, -0.15) is 0 Å². The Hall–Kier alpha value is -4.18. The van der Waals surface area contributed by atoms with Gasteiger partial charge in [-0.15, -0.1) is 0 Å². The summed E-state index contributed by atoms with van der Waals surface area (Å²) in [7, 11) is 0. The first kappa shape index (κ1) is 27.4. The lowest BCUT2D eigenvalue weighted by molar-refractivity contribution is 0.274. The number of ether oxygens (including phenoxy) is 2. The van der Waals surface area contributed by atoms with Gasteiger partial charge in [0.05, 0.1) is 24.6 Å². The lowest BCUT2D eigenvalue weighted by Gasteiger charge is -2.12. The van der Waals surface area contributed by atoms with Crippen LogP contribution >= 0.6 is 0 Å². The average molecular weight is 531 g/mol. The minimum atomic E-state index is 0.650. The Morgan fingerprint density at radius 1 is 0.525 bits per heavy atom. The molecule has 4 heteroatoms. The first-order chi connectivity index (χ1) is 19.7. The summed E-state index contributed by atoms with van der Waals surface area (Å²) in [5.74, 6) is 2.46. The lowest BCUT2D eigenvalue weighted by atomic mass is 10.0. The van der Waals surface area contributed by atoms with Gasteiger partial charge < -0.3 is 9.47 Å². The summed E-state index contributed by atoms with van der Waals surface area (Å²) < 4.78 is 11.9. The summed E-state index contributed by atoms with van der Waals surface area (Å²) >= 11 is 0.